The molecule has 0 bridgehead atoms. The number of carbonyl (C=O) groups is 2. The van der Waals surface area contributed by atoms with Crippen molar-refractivity contribution in [1.29, 1.82) is 0 Å². The van der Waals surface area contributed by atoms with Crippen molar-refractivity contribution in [3.63, 3.8) is 0 Å². The molecular formula is C16H20N2O3. The van der Waals surface area contributed by atoms with Gasteiger partial charge in [-0.2, -0.15) is 5.10 Å². The van der Waals surface area contributed by atoms with Crippen molar-refractivity contribution in [2.24, 2.45) is 5.92 Å². The second-order valence-electron chi connectivity index (χ2n) is 5.30. The van der Waals surface area contributed by atoms with Crippen LogP contribution >= 0.6 is 0 Å². The molecule has 0 saturated carbocycles. The molecule has 21 heavy (non-hydrogen) atoms. The fourth-order valence-corrected chi connectivity index (χ4v) is 2.14. The third-order valence-electron chi connectivity index (χ3n) is 3.44. The summed E-state index contributed by atoms with van der Waals surface area (Å²) in [5.41, 5.74) is 1.17. The number of Topliss-reactive ketones (excluding diaryl/α,β-unsaturated/α-hetero) is 2. The number of nitrogens with zero attached hydrogens (tertiary/aromatic N) is 2. The Morgan fingerprint density at radius 1 is 1.33 bits per heavy atom. The smallest absolute Gasteiger partial charge is 0.186 e. The lowest BCUT2D eigenvalue weighted by molar-refractivity contribution is -0.119. The minimum absolute atomic E-state index is 0.0205. The molecular weight excluding hydrogens is 268 g/mol. The maximum Gasteiger partial charge on any atom is 0.186 e. The van der Waals surface area contributed by atoms with E-state index in [9.17, 15) is 9.59 Å². The molecule has 0 unspecified atom stereocenters. The third kappa shape index (κ3) is 2.96. The van der Waals surface area contributed by atoms with E-state index in [2.05, 4.69) is 5.10 Å². The summed E-state index contributed by atoms with van der Waals surface area (Å²) in [7, 11) is 1.58. The molecule has 0 radical (unpaired) electrons. The van der Waals surface area contributed by atoms with E-state index in [1.54, 1.807) is 17.9 Å². The summed E-state index contributed by atoms with van der Waals surface area (Å²) in [6.07, 6.45) is 0.443. The van der Waals surface area contributed by atoms with Gasteiger partial charge in [-0.05, 0) is 12.1 Å². The van der Waals surface area contributed by atoms with Gasteiger partial charge in [0, 0.05) is 23.8 Å². The van der Waals surface area contributed by atoms with Gasteiger partial charge in [-0.1, -0.05) is 20.8 Å². The molecule has 0 N–H and O–H groups in total. The van der Waals surface area contributed by atoms with E-state index in [0.717, 1.165) is 10.9 Å². The summed E-state index contributed by atoms with van der Waals surface area (Å²) < 4.78 is 6.81. The van der Waals surface area contributed by atoms with Crippen LogP contribution in [0.2, 0.25) is 0 Å². The molecule has 5 heteroatoms. The largest absolute Gasteiger partial charge is 0.497 e. The molecule has 0 fully saturated rings. The van der Waals surface area contributed by atoms with E-state index in [0.29, 0.717) is 17.9 Å². The zero-order valence-corrected chi connectivity index (χ0v) is 12.8. The number of hydrogen-bond donors (Lipinski definition) is 0. The average molecular weight is 288 g/mol. The van der Waals surface area contributed by atoms with Gasteiger partial charge in [0.25, 0.3) is 0 Å². The lowest BCUT2D eigenvalue weighted by Crippen LogP contribution is -2.13. The van der Waals surface area contributed by atoms with Gasteiger partial charge in [0.1, 0.15) is 18.0 Å². The molecule has 2 rings (SSSR count). The molecule has 1 heterocycles. The van der Waals surface area contributed by atoms with Gasteiger partial charge < -0.3 is 4.74 Å². The Balaban J connectivity index is 2.60. The zero-order valence-electron chi connectivity index (χ0n) is 12.8. The minimum Gasteiger partial charge on any atom is -0.497 e. The molecule has 1 aromatic heterocycles. The normalized spacial score (nSPS) is 11.1. The molecule has 0 amide bonds. The van der Waals surface area contributed by atoms with E-state index in [-0.39, 0.29) is 24.0 Å². The first-order chi connectivity index (χ1) is 9.97. The van der Waals surface area contributed by atoms with Crippen molar-refractivity contribution < 1.29 is 14.3 Å². The van der Waals surface area contributed by atoms with Gasteiger partial charge in [-0.3, -0.25) is 14.3 Å². The van der Waals surface area contributed by atoms with Crippen LogP contribution in [0.25, 0.3) is 10.9 Å². The zero-order chi connectivity index (χ0) is 15.6. The molecule has 0 aliphatic carbocycles. The fourth-order valence-electron chi connectivity index (χ4n) is 2.14. The number of hydrogen-bond acceptors (Lipinski definition) is 4. The predicted molar refractivity (Wildman–Crippen MR) is 80.8 cm³/mol. The van der Waals surface area contributed by atoms with Crippen LogP contribution in [0.3, 0.4) is 0 Å². The Morgan fingerprint density at radius 2 is 2.05 bits per heavy atom. The topological polar surface area (TPSA) is 61.2 Å². The quantitative estimate of drug-likeness (QED) is 0.767. The van der Waals surface area contributed by atoms with Crippen molar-refractivity contribution in [2.45, 2.75) is 33.7 Å². The number of ketones is 2. The Hall–Kier alpha value is -2.17. The van der Waals surface area contributed by atoms with Crippen molar-refractivity contribution in [1.82, 2.24) is 9.78 Å². The number of fused-ring (bicyclic) bond motifs is 1. The van der Waals surface area contributed by atoms with Crippen LogP contribution in [0.4, 0.5) is 0 Å². The lowest BCUT2D eigenvalue weighted by Gasteiger charge is -2.03. The fraction of sp³-hybridized carbons (Fsp3) is 0.438. The van der Waals surface area contributed by atoms with Crippen molar-refractivity contribution in [3.05, 3.63) is 23.9 Å². The first-order valence-corrected chi connectivity index (χ1v) is 7.08. The van der Waals surface area contributed by atoms with E-state index >= 15 is 0 Å². The van der Waals surface area contributed by atoms with E-state index in [4.69, 9.17) is 4.74 Å². The highest BCUT2D eigenvalue weighted by Crippen LogP contribution is 2.25. The van der Waals surface area contributed by atoms with Crippen LogP contribution in [0, 0.1) is 5.92 Å². The summed E-state index contributed by atoms with van der Waals surface area (Å²) >= 11 is 0. The van der Waals surface area contributed by atoms with Crippen molar-refractivity contribution >= 4 is 22.5 Å². The number of carbonyl (C=O) groups excluding carboxylic acids is 2. The summed E-state index contributed by atoms with van der Waals surface area (Å²) in [4.78, 5) is 24.0. The number of ether oxygens (including phenoxy) is 1. The molecule has 0 aliphatic heterocycles. The van der Waals surface area contributed by atoms with E-state index in [1.165, 1.54) is 0 Å². The minimum atomic E-state index is -0.138. The SMILES string of the molecule is CCC(=O)Cn1nc(C(=O)C(C)C)c2ccc(OC)cc21. The second-order valence-corrected chi connectivity index (χ2v) is 5.30. The van der Waals surface area contributed by atoms with Gasteiger partial charge in [0.2, 0.25) is 0 Å². The number of aromatic nitrogens is 2. The second kappa shape index (κ2) is 6.08. The first kappa shape index (κ1) is 15.2. The van der Waals surface area contributed by atoms with Crippen molar-refractivity contribution in [2.75, 3.05) is 7.11 Å². The summed E-state index contributed by atoms with van der Waals surface area (Å²) in [6.45, 7) is 5.67. The lowest BCUT2D eigenvalue weighted by atomic mass is 10.0. The van der Waals surface area contributed by atoms with Gasteiger partial charge in [0.15, 0.2) is 11.6 Å². The average Bonchev–Trinajstić information content (AvgIpc) is 2.83. The maximum atomic E-state index is 12.3. The third-order valence-corrected chi connectivity index (χ3v) is 3.44. The van der Waals surface area contributed by atoms with Crippen LogP contribution < -0.4 is 4.74 Å². The molecule has 2 aromatic rings. The summed E-state index contributed by atoms with van der Waals surface area (Å²) in [5.74, 6) is 0.593. The van der Waals surface area contributed by atoms with Gasteiger partial charge in [0.05, 0.1) is 12.6 Å². The molecule has 0 atom stereocenters. The Kier molecular flexibility index (Phi) is 4.40. The molecule has 0 aliphatic rings. The predicted octanol–water partition coefficient (Wildman–Crippen LogP) is 2.86. The van der Waals surface area contributed by atoms with Gasteiger partial charge >= 0.3 is 0 Å². The highest BCUT2D eigenvalue weighted by Gasteiger charge is 2.20. The Labute approximate surface area is 123 Å². The van der Waals surface area contributed by atoms with Crippen molar-refractivity contribution in [3.8, 4) is 5.75 Å². The Bertz CT molecular complexity index is 686. The van der Waals surface area contributed by atoms with E-state index < -0.39 is 0 Å². The molecule has 112 valence electrons. The van der Waals surface area contributed by atoms with E-state index in [1.807, 2.05) is 32.9 Å². The highest BCUT2D eigenvalue weighted by molar-refractivity contribution is 6.07. The molecule has 1 aromatic carbocycles. The number of rotatable bonds is 6. The molecule has 0 saturated heterocycles. The standard InChI is InChI=1S/C16H20N2O3/c1-5-11(19)9-18-14-8-12(21-4)6-7-13(14)15(17-18)16(20)10(2)3/h6-8,10H,5,9H2,1-4H3. The highest BCUT2D eigenvalue weighted by atomic mass is 16.5. The Morgan fingerprint density at radius 3 is 2.62 bits per heavy atom. The van der Waals surface area contributed by atoms with Crippen LogP contribution in [0.5, 0.6) is 5.75 Å². The molecule has 5 nitrogen and oxygen atoms in total. The van der Waals surface area contributed by atoms with Gasteiger partial charge in [-0.15, -0.1) is 0 Å². The number of methoxy groups -OCH3 is 1. The summed E-state index contributed by atoms with van der Waals surface area (Å²) in [6, 6.07) is 5.43. The van der Waals surface area contributed by atoms with Gasteiger partial charge in [-0.25, -0.2) is 0 Å². The monoisotopic (exact) mass is 288 g/mol. The van der Waals surface area contributed by atoms with Crippen LogP contribution in [-0.2, 0) is 11.3 Å². The maximum absolute atomic E-state index is 12.3. The summed E-state index contributed by atoms with van der Waals surface area (Å²) in [5, 5.41) is 5.13. The van der Waals surface area contributed by atoms with Crippen LogP contribution in [-0.4, -0.2) is 28.5 Å². The molecule has 0 spiro atoms. The number of benzene rings is 1. The first-order valence-electron chi connectivity index (χ1n) is 7.08. The van der Waals surface area contributed by atoms with Crippen LogP contribution in [0.1, 0.15) is 37.7 Å². The van der Waals surface area contributed by atoms with Crippen LogP contribution in [0.15, 0.2) is 18.2 Å².